The Hall–Kier alpha value is -1.06. The van der Waals surface area contributed by atoms with Gasteiger partial charge in [-0.25, -0.2) is 0 Å². The van der Waals surface area contributed by atoms with Crippen molar-refractivity contribution in [3.8, 4) is 0 Å². The molecule has 0 radical (unpaired) electrons. The topological polar surface area (TPSA) is 49.4 Å². The summed E-state index contributed by atoms with van der Waals surface area (Å²) < 4.78 is 0. The Morgan fingerprint density at radius 2 is 2.06 bits per heavy atom. The largest absolute Gasteiger partial charge is 0.358 e. The van der Waals surface area contributed by atoms with E-state index in [0.717, 1.165) is 32.4 Å². The van der Waals surface area contributed by atoms with Crippen molar-refractivity contribution >= 4 is 12.3 Å². The van der Waals surface area contributed by atoms with Crippen molar-refractivity contribution in [2.24, 2.45) is 5.92 Å². The monoisotopic (exact) mass is 242 g/mol. The molecule has 4 nitrogen and oxygen atoms in total. The molecular weight excluding hydrogens is 216 g/mol. The highest BCUT2D eigenvalue weighted by Crippen LogP contribution is 2.08. The van der Waals surface area contributed by atoms with Gasteiger partial charge < -0.3 is 10.2 Å². The minimum absolute atomic E-state index is 0.143. The van der Waals surface area contributed by atoms with Crippen LogP contribution < -0.4 is 5.32 Å². The lowest BCUT2D eigenvalue weighted by atomic mass is 10.0. The Bertz CT molecular complexity index is 219. The maximum atomic E-state index is 11.9. The molecule has 1 atom stereocenters. The molecule has 0 saturated heterocycles. The van der Waals surface area contributed by atoms with Crippen molar-refractivity contribution in [1.82, 2.24) is 10.2 Å². The first-order chi connectivity index (χ1) is 8.15. The van der Waals surface area contributed by atoms with Gasteiger partial charge in [0.25, 0.3) is 0 Å². The van der Waals surface area contributed by atoms with Crippen LogP contribution in [0.2, 0.25) is 0 Å². The summed E-state index contributed by atoms with van der Waals surface area (Å²) in [4.78, 5) is 23.9. The molecule has 1 unspecified atom stereocenters. The molecule has 0 heterocycles. The third-order valence-corrected chi connectivity index (χ3v) is 3.00. The van der Waals surface area contributed by atoms with E-state index >= 15 is 0 Å². The molecule has 17 heavy (non-hydrogen) atoms. The fourth-order valence-corrected chi connectivity index (χ4v) is 1.61. The molecule has 0 aliphatic carbocycles. The van der Waals surface area contributed by atoms with Crippen LogP contribution in [0.4, 0.5) is 0 Å². The van der Waals surface area contributed by atoms with Crippen molar-refractivity contribution in [1.29, 1.82) is 0 Å². The van der Waals surface area contributed by atoms with Gasteiger partial charge in [0.05, 0.1) is 0 Å². The van der Waals surface area contributed by atoms with Crippen molar-refractivity contribution in [3.63, 3.8) is 0 Å². The molecule has 0 aliphatic heterocycles. The molecule has 0 aromatic rings. The van der Waals surface area contributed by atoms with Gasteiger partial charge >= 0.3 is 0 Å². The van der Waals surface area contributed by atoms with Gasteiger partial charge in [-0.3, -0.25) is 9.59 Å². The van der Waals surface area contributed by atoms with Crippen molar-refractivity contribution in [3.05, 3.63) is 0 Å². The number of rotatable bonds is 10. The summed E-state index contributed by atoms with van der Waals surface area (Å²) in [6, 6.07) is 0. The van der Waals surface area contributed by atoms with Crippen LogP contribution in [-0.4, -0.2) is 36.9 Å². The smallest absolute Gasteiger partial charge is 0.224 e. The van der Waals surface area contributed by atoms with Crippen molar-refractivity contribution in [2.45, 2.75) is 46.5 Å². The van der Waals surface area contributed by atoms with E-state index in [-0.39, 0.29) is 5.91 Å². The predicted octanol–water partition coefficient (Wildman–Crippen LogP) is 1.80. The number of amides is 2. The first-order valence-corrected chi connectivity index (χ1v) is 6.60. The Kier molecular flexibility index (Phi) is 9.49. The molecule has 0 aromatic carbocycles. The molecule has 0 saturated carbocycles. The SMILES string of the molecule is CCCN(CCC(C)CC)C(=O)CCNC=O. The minimum Gasteiger partial charge on any atom is -0.358 e. The van der Waals surface area contributed by atoms with Gasteiger partial charge in [0, 0.05) is 26.1 Å². The first-order valence-electron chi connectivity index (χ1n) is 6.60. The molecule has 1 N–H and O–H groups in total. The normalized spacial score (nSPS) is 11.9. The van der Waals surface area contributed by atoms with Gasteiger partial charge in [-0.05, 0) is 18.8 Å². The fourth-order valence-electron chi connectivity index (χ4n) is 1.61. The average molecular weight is 242 g/mol. The summed E-state index contributed by atoms with van der Waals surface area (Å²) in [6.45, 7) is 8.55. The van der Waals surface area contributed by atoms with Crippen LogP contribution in [0.3, 0.4) is 0 Å². The lowest BCUT2D eigenvalue weighted by Crippen LogP contribution is -2.35. The van der Waals surface area contributed by atoms with E-state index in [1.165, 1.54) is 0 Å². The molecule has 0 fully saturated rings. The third-order valence-electron chi connectivity index (χ3n) is 3.00. The van der Waals surface area contributed by atoms with Crippen LogP contribution in [0.15, 0.2) is 0 Å². The summed E-state index contributed by atoms with van der Waals surface area (Å²) in [7, 11) is 0. The summed E-state index contributed by atoms with van der Waals surface area (Å²) in [5.74, 6) is 0.805. The van der Waals surface area contributed by atoms with Crippen molar-refractivity contribution < 1.29 is 9.59 Å². The third kappa shape index (κ3) is 7.77. The van der Waals surface area contributed by atoms with Crippen LogP contribution in [0.25, 0.3) is 0 Å². The fraction of sp³-hybridized carbons (Fsp3) is 0.846. The predicted molar refractivity (Wildman–Crippen MR) is 69.6 cm³/mol. The van der Waals surface area contributed by atoms with Crippen LogP contribution in [0.5, 0.6) is 0 Å². The van der Waals surface area contributed by atoms with E-state index in [0.29, 0.717) is 25.3 Å². The van der Waals surface area contributed by atoms with E-state index in [1.54, 1.807) is 0 Å². The summed E-state index contributed by atoms with van der Waals surface area (Å²) in [5, 5.41) is 2.52. The molecule has 0 rings (SSSR count). The zero-order valence-corrected chi connectivity index (χ0v) is 11.4. The van der Waals surface area contributed by atoms with Gasteiger partial charge in [-0.15, -0.1) is 0 Å². The Balaban J connectivity index is 4.01. The van der Waals surface area contributed by atoms with Gasteiger partial charge in [0.1, 0.15) is 0 Å². The van der Waals surface area contributed by atoms with E-state index in [9.17, 15) is 9.59 Å². The Morgan fingerprint density at radius 3 is 2.59 bits per heavy atom. The average Bonchev–Trinajstić information content (AvgIpc) is 2.34. The van der Waals surface area contributed by atoms with E-state index in [4.69, 9.17) is 0 Å². The van der Waals surface area contributed by atoms with Crippen LogP contribution in [-0.2, 0) is 9.59 Å². The van der Waals surface area contributed by atoms with Gasteiger partial charge in [0.2, 0.25) is 12.3 Å². The van der Waals surface area contributed by atoms with E-state index in [2.05, 4.69) is 26.1 Å². The van der Waals surface area contributed by atoms with Crippen LogP contribution in [0, 0.1) is 5.92 Å². The molecule has 0 aliphatic rings. The maximum Gasteiger partial charge on any atom is 0.224 e. The molecule has 0 aromatic heterocycles. The number of nitrogens with one attached hydrogen (secondary N) is 1. The highest BCUT2D eigenvalue weighted by Gasteiger charge is 2.12. The van der Waals surface area contributed by atoms with E-state index < -0.39 is 0 Å². The second-order valence-corrected chi connectivity index (χ2v) is 4.50. The Morgan fingerprint density at radius 1 is 1.35 bits per heavy atom. The number of nitrogens with zero attached hydrogens (tertiary/aromatic N) is 1. The quantitative estimate of drug-likeness (QED) is 0.469. The second kappa shape index (κ2) is 10.1. The number of hydrogen-bond acceptors (Lipinski definition) is 2. The summed E-state index contributed by atoms with van der Waals surface area (Å²) in [6.07, 6.45) is 4.23. The summed E-state index contributed by atoms with van der Waals surface area (Å²) in [5.41, 5.74) is 0. The molecule has 100 valence electrons. The molecular formula is C13H26N2O2. The zero-order valence-electron chi connectivity index (χ0n) is 11.4. The lowest BCUT2D eigenvalue weighted by molar-refractivity contribution is -0.131. The molecule has 2 amide bonds. The molecule has 0 bridgehead atoms. The van der Waals surface area contributed by atoms with Gasteiger partial charge in [0.15, 0.2) is 0 Å². The molecule has 0 spiro atoms. The maximum absolute atomic E-state index is 11.9. The lowest BCUT2D eigenvalue weighted by Gasteiger charge is -2.23. The van der Waals surface area contributed by atoms with Gasteiger partial charge in [-0.1, -0.05) is 27.2 Å². The number of carbonyl (C=O) groups excluding carboxylic acids is 2. The summed E-state index contributed by atoms with van der Waals surface area (Å²) >= 11 is 0. The van der Waals surface area contributed by atoms with Crippen LogP contribution in [0.1, 0.15) is 46.5 Å². The second-order valence-electron chi connectivity index (χ2n) is 4.50. The number of carbonyl (C=O) groups is 2. The number of hydrogen-bond donors (Lipinski definition) is 1. The Labute approximate surface area is 105 Å². The van der Waals surface area contributed by atoms with Crippen molar-refractivity contribution in [2.75, 3.05) is 19.6 Å². The molecule has 4 heteroatoms. The highest BCUT2D eigenvalue weighted by molar-refractivity contribution is 5.76. The minimum atomic E-state index is 0.143. The first kappa shape index (κ1) is 15.9. The van der Waals surface area contributed by atoms with Crippen LogP contribution >= 0.6 is 0 Å². The van der Waals surface area contributed by atoms with E-state index in [1.807, 2.05) is 4.90 Å². The standard InChI is InChI=1S/C13H26N2O2/c1-4-9-15(10-7-12(3)5-2)13(17)6-8-14-11-16/h11-12H,4-10H2,1-3H3,(H,14,16). The zero-order chi connectivity index (χ0) is 13.1. The highest BCUT2D eigenvalue weighted by atomic mass is 16.2. The van der Waals surface area contributed by atoms with Gasteiger partial charge in [-0.2, -0.15) is 0 Å².